The summed E-state index contributed by atoms with van der Waals surface area (Å²) in [6, 6.07) is 3.62. The summed E-state index contributed by atoms with van der Waals surface area (Å²) in [6.45, 7) is 3.66. The minimum Gasteiger partial charge on any atom is -0.369 e. The van der Waals surface area contributed by atoms with Crippen LogP contribution in [0.4, 0.5) is 5.69 Å². The van der Waals surface area contributed by atoms with Crippen molar-refractivity contribution in [3.05, 3.63) is 34.9 Å². The Morgan fingerprint density at radius 2 is 2.00 bits per heavy atom. The first-order chi connectivity index (χ1) is 9.43. The van der Waals surface area contributed by atoms with Gasteiger partial charge in [0.1, 0.15) is 5.92 Å². The molecule has 1 unspecified atom stereocenters. The lowest BCUT2D eigenvalue weighted by Gasteiger charge is -2.27. The lowest BCUT2D eigenvalue weighted by molar-refractivity contribution is -0.119. The predicted molar refractivity (Wildman–Crippen MR) is 74.2 cm³/mol. The first kappa shape index (κ1) is 12.6. The largest absolute Gasteiger partial charge is 0.369 e. The van der Waals surface area contributed by atoms with Gasteiger partial charge in [0.05, 0.1) is 5.69 Å². The minimum absolute atomic E-state index is 0.0960. The number of hydrogen-bond acceptors (Lipinski definition) is 3. The number of rotatable bonds is 1. The number of nitrogens with two attached hydrogens (primary N) is 1. The van der Waals surface area contributed by atoms with Crippen molar-refractivity contribution < 1.29 is 14.4 Å². The van der Waals surface area contributed by atoms with Gasteiger partial charge in [-0.3, -0.25) is 14.4 Å². The van der Waals surface area contributed by atoms with Gasteiger partial charge < -0.3 is 10.6 Å². The van der Waals surface area contributed by atoms with Crippen molar-refractivity contribution in [2.45, 2.75) is 13.8 Å². The molecule has 102 valence electrons. The van der Waals surface area contributed by atoms with Crippen LogP contribution in [0.1, 0.15) is 28.4 Å². The smallest absolute Gasteiger partial charge is 0.232 e. The number of nitrogens with zero attached hydrogens (tertiary/aromatic N) is 1. The second kappa shape index (κ2) is 4.03. The second-order valence-corrected chi connectivity index (χ2v) is 5.14. The van der Waals surface area contributed by atoms with Gasteiger partial charge in [-0.2, -0.15) is 0 Å². The molecule has 0 radical (unpaired) electrons. The standard InChI is InChI=1S/C15H14N2O3/c1-7-3-4-10-12-9(5-6-17(10)8(2)18)13(15(16)20)14(19)11(7)12/h3-5,13H,6H2,1-2H3,(H2,16,20). The van der Waals surface area contributed by atoms with Crippen LogP contribution in [0.2, 0.25) is 0 Å². The van der Waals surface area contributed by atoms with E-state index in [1.165, 1.54) is 6.92 Å². The highest BCUT2D eigenvalue weighted by molar-refractivity contribution is 6.27. The van der Waals surface area contributed by atoms with Crippen molar-refractivity contribution >= 4 is 28.9 Å². The van der Waals surface area contributed by atoms with E-state index in [2.05, 4.69) is 0 Å². The number of ketones is 1. The van der Waals surface area contributed by atoms with E-state index >= 15 is 0 Å². The molecule has 0 spiro atoms. The Kier molecular flexibility index (Phi) is 2.54. The van der Waals surface area contributed by atoms with E-state index in [1.807, 2.05) is 13.0 Å². The van der Waals surface area contributed by atoms with E-state index in [-0.39, 0.29) is 11.7 Å². The molecule has 0 fully saturated rings. The summed E-state index contributed by atoms with van der Waals surface area (Å²) in [5.74, 6) is -1.91. The van der Waals surface area contributed by atoms with Gasteiger partial charge in [-0.15, -0.1) is 0 Å². The number of anilines is 1. The molecule has 20 heavy (non-hydrogen) atoms. The summed E-state index contributed by atoms with van der Waals surface area (Å²) in [5.41, 5.74) is 8.72. The first-order valence-corrected chi connectivity index (χ1v) is 6.39. The molecule has 2 amide bonds. The highest BCUT2D eigenvalue weighted by Gasteiger charge is 2.43. The molecule has 2 N–H and O–H groups in total. The molecule has 1 heterocycles. The van der Waals surface area contributed by atoms with E-state index in [4.69, 9.17) is 5.73 Å². The average Bonchev–Trinajstić information content (AvgIpc) is 2.67. The van der Waals surface area contributed by atoms with Gasteiger partial charge in [0, 0.05) is 24.6 Å². The third-order valence-corrected chi connectivity index (χ3v) is 3.95. The quantitative estimate of drug-likeness (QED) is 0.774. The van der Waals surface area contributed by atoms with Crippen LogP contribution in [0.25, 0.3) is 5.57 Å². The third-order valence-electron chi connectivity index (χ3n) is 3.95. The lowest BCUT2D eigenvalue weighted by atomic mass is 9.94. The molecule has 1 atom stereocenters. The summed E-state index contributed by atoms with van der Waals surface area (Å²) in [5, 5.41) is 0. The van der Waals surface area contributed by atoms with Crippen molar-refractivity contribution in [3.63, 3.8) is 0 Å². The maximum Gasteiger partial charge on any atom is 0.232 e. The van der Waals surface area contributed by atoms with Crippen molar-refractivity contribution in [2.75, 3.05) is 11.4 Å². The number of hydrogen-bond donors (Lipinski definition) is 1. The summed E-state index contributed by atoms with van der Waals surface area (Å²) >= 11 is 0. The third kappa shape index (κ3) is 1.46. The molecule has 5 nitrogen and oxygen atoms in total. The molecule has 1 aliphatic heterocycles. The monoisotopic (exact) mass is 270 g/mol. The van der Waals surface area contributed by atoms with E-state index in [0.717, 1.165) is 5.56 Å². The molecule has 3 rings (SSSR count). The molecule has 0 saturated carbocycles. The van der Waals surface area contributed by atoms with Crippen LogP contribution in [0, 0.1) is 12.8 Å². The van der Waals surface area contributed by atoms with Crippen LogP contribution in [-0.2, 0) is 9.59 Å². The van der Waals surface area contributed by atoms with Crippen LogP contribution in [0.3, 0.4) is 0 Å². The molecule has 0 aromatic heterocycles. The summed E-state index contributed by atoms with van der Waals surface area (Å²) in [7, 11) is 0. The zero-order chi connectivity index (χ0) is 14.6. The minimum atomic E-state index is -0.918. The molecule has 5 heteroatoms. The fourth-order valence-corrected chi connectivity index (χ4v) is 3.05. The van der Waals surface area contributed by atoms with Crippen LogP contribution < -0.4 is 10.6 Å². The average molecular weight is 270 g/mol. The zero-order valence-electron chi connectivity index (χ0n) is 11.3. The van der Waals surface area contributed by atoms with Gasteiger partial charge in [0.25, 0.3) is 0 Å². The Morgan fingerprint density at radius 1 is 1.30 bits per heavy atom. The van der Waals surface area contributed by atoms with E-state index in [9.17, 15) is 14.4 Å². The predicted octanol–water partition coefficient (Wildman–Crippen LogP) is 1.04. The van der Waals surface area contributed by atoms with Crippen LogP contribution >= 0.6 is 0 Å². The molecule has 2 aliphatic rings. The molecular formula is C15H14N2O3. The van der Waals surface area contributed by atoms with Crippen molar-refractivity contribution in [1.82, 2.24) is 0 Å². The highest BCUT2D eigenvalue weighted by Crippen LogP contribution is 2.46. The number of primary amides is 1. The van der Waals surface area contributed by atoms with Gasteiger partial charge in [-0.1, -0.05) is 12.1 Å². The normalized spacial score (nSPS) is 19.7. The number of aryl methyl sites for hydroxylation is 1. The zero-order valence-corrected chi connectivity index (χ0v) is 11.3. The van der Waals surface area contributed by atoms with Crippen LogP contribution in [0.5, 0.6) is 0 Å². The van der Waals surface area contributed by atoms with E-state index in [0.29, 0.717) is 28.9 Å². The first-order valence-electron chi connectivity index (χ1n) is 6.39. The van der Waals surface area contributed by atoms with Crippen molar-refractivity contribution in [1.29, 1.82) is 0 Å². The maximum atomic E-state index is 12.4. The SMILES string of the molecule is CC(=O)N1CC=C2c3c1ccc(C)c3C(=O)C2C(N)=O. The molecule has 1 aliphatic carbocycles. The number of carbonyl (C=O) groups excluding carboxylic acids is 3. The topological polar surface area (TPSA) is 80.5 Å². The number of amides is 2. The fourth-order valence-electron chi connectivity index (χ4n) is 3.05. The van der Waals surface area contributed by atoms with Crippen LogP contribution in [0.15, 0.2) is 18.2 Å². The molecular weight excluding hydrogens is 256 g/mol. The van der Waals surface area contributed by atoms with Gasteiger partial charge in [0.15, 0.2) is 5.78 Å². The fraction of sp³-hybridized carbons (Fsp3) is 0.267. The molecule has 0 saturated heterocycles. The molecule has 0 bridgehead atoms. The Labute approximate surface area is 116 Å². The Hall–Kier alpha value is -2.43. The molecule has 1 aromatic rings. The van der Waals surface area contributed by atoms with Crippen molar-refractivity contribution in [3.8, 4) is 0 Å². The van der Waals surface area contributed by atoms with E-state index < -0.39 is 11.8 Å². The highest BCUT2D eigenvalue weighted by atomic mass is 16.2. The van der Waals surface area contributed by atoms with Crippen molar-refractivity contribution in [2.24, 2.45) is 11.7 Å². The Bertz CT molecular complexity index is 703. The molecule has 1 aromatic carbocycles. The number of benzene rings is 1. The second-order valence-electron chi connectivity index (χ2n) is 5.14. The van der Waals surface area contributed by atoms with Gasteiger partial charge in [-0.25, -0.2) is 0 Å². The number of Topliss-reactive ketones (excluding diaryl/α,β-unsaturated/α-hetero) is 1. The number of carbonyl (C=O) groups is 3. The van der Waals surface area contributed by atoms with Gasteiger partial charge in [0.2, 0.25) is 11.8 Å². The summed E-state index contributed by atoms with van der Waals surface area (Å²) in [6.07, 6.45) is 1.76. The summed E-state index contributed by atoms with van der Waals surface area (Å²) < 4.78 is 0. The lowest BCUT2D eigenvalue weighted by Crippen LogP contribution is -2.33. The summed E-state index contributed by atoms with van der Waals surface area (Å²) in [4.78, 5) is 37.3. The Morgan fingerprint density at radius 3 is 2.60 bits per heavy atom. The Balaban J connectivity index is 2.31. The van der Waals surface area contributed by atoms with Gasteiger partial charge >= 0.3 is 0 Å². The van der Waals surface area contributed by atoms with Gasteiger partial charge in [-0.05, 0) is 24.1 Å². The van der Waals surface area contributed by atoms with Crippen LogP contribution in [-0.4, -0.2) is 24.1 Å². The maximum absolute atomic E-state index is 12.4. The van der Waals surface area contributed by atoms with E-state index in [1.54, 1.807) is 17.0 Å².